The second-order valence-electron chi connectivity index (χ2n) is 4.88. The molecule has 5 N–H and O–H groups in total. The van der Waals surface area contributed by atoms with E-state index < -0.39 is 4.92 Å². The maximum Gasteiger partial charge on any atom is 0.272 e. The SMILES string of the molecule is CCc1nc(N)nc(NCc2ccc([N+](=O)[O-])c(C)c2)c1N. The Balaban J connectivity index is 2.19. The number of nitrogens with two attached hydrogens (primary N) is 2. The summed E-state index contributed by atoms with van der Waals surface area (Å²) >= 11 is 0. The molecule has 1 heterocycles. The van der Waals surface area contributed by atoms with Crippen LogP contribution in [-0.4, -0.2) is 14.9 Å². The van der Waals surface area contributed by atoms with E-state index in [0.717, 1.165) is 5.56 Å². The Morgan fingerprint density at radius 2 is 2.05 bits per heavy atom. The average Bonchev–Trinajstić information content (AvgIpc) is 2.47. The number of nitrogens with zero attached hydrogens (tertiary/aromatic N) is 3. The topological polar surface area (TPSA) is 133 Å². The van der Waals surface area contributed by atoms with Crippen LogP contribution in [0.5, 0.6) is 0 Å². The van der Waals surface area contributed by atoms with Gasteiger partial charge < -0.3 is 16.8 Å². The van der Waals surface area contributed by atoms with Gasteiger partial charge in [0.15, 0.2) is 5.82 Å². The van der Waals surface area contributed by atoms with Gasteiger partial charge in [-0.25, -0.2) is 4.98 Å². The van der Waals surface area contributed by atoms with Crippen LogP contribution in [-0.2, 0) is 13.0 Å². The number of hydrogen-bond acceptors (Lipinski definition) is 7. The molecule has 8 heteroatoms. The van der Waals surface area contributed by atoms with E-state index in [1.54, 1.807) is 19.1 Å². The van der Waals surface area contributed by atoms with Crippen LogP contribution in [0.15, 0.2) is 18.2 Å². The highest BCUT2D eigenvalue weighted by atomic mass is 16.6. The van der Waals surface area contributed by atoms with Gasteiger partial charge in [-0.15, -0.1) is 0 Å². The fourth-order valence-corrected chi connectivity index (χ4v) is 2.16. The number of aromatic nitrogens is 2. The highest BCUT2D eigenvalue weighted by Gasteiger charge is 2.12. The molecule has 0 saturated heterocycles. The lowest BCUT2D eigenvalue weighted by atomic mass is 10.1. The number of nitrogen functional groups attached to an aromatic ring is 2. The minimum atomic E-state index is -0.400. The van der Waals surface area contributed by atoms with Crippen LogP contribution in [0.1, 0.15) is 23.7 Å². The molecule has 8 nitrogen and oxygen atoms in total. The molecule has 0 aliphatic carbocycles. The van der Waals surface area contributed by atoms with Crippen LogP contribution in [0.25, 0.3) is 0 Å². The molecule has 2 aromatic rings. The zero-order chi connectivity index (χ0) is 16.3. The van der Waals surface area contributed by atoms with E-state index in [2.05, 4.69) is 15.3 Å². The minimum absolute atomic E-state index is 0.0998. The van der Waals surface area contributed by atoms with Crippen LogP contribution >= 0.6 is 0 Å². The van der Waals surface area contributed by atoms with Crippen LogP contribution in [0.3, 0.4) is 0 Å². The lowest BCUT2D eigenvalue weighted by Crippen LogP contribution is -2.10. The first-order valence-corrected chi connectivity index (χ1v) is 6.82. The quantitative estimate of drug-likeness (QED) is 0.568. The second-order valence-corrected chi connectivity index (χ2v) is 4.88. The van der Waals surface area contributed by atoms with Crippen molar-refractivity contribution in [1.82, 2.24) is 9.97 Å². The van der Waals surface area contributed by atoms with E-state index in [9.17, 15) is 10.1 Å². The molecule has 116 valence electrons. The van der Waals surface area contributed by atoms with Gasteiger partial charge in [-0.2, -0.15) is 4.98 Å². The van der Waals surface area contributed by atoms with Crippen molar-refractivity contribution in [3.63, 3.8) is 0 Å². The third-order valence-electron chi connectivity index (χ3n) is 3.29. The van der Waals surface area contributed by atoms with Gasteiger partial charge in [0.2, 0.25) is 5.95 Å². The van der Waals surface area contributed by atoms with Gasteiger partial charge in [-0.05, 0) is 25.0 Å². The van der Waals surface area contributed by atoms with E-state index in [4.69, 9.17) is 11.5 Å². The van der Waals surface area contributed by atoms with Gasteiger partial charge in [0.05, 0.1) is 16.3 Å². The van der Waals surface area contributed by atoms with Gasteiger partial charge in [-0.1, -0.05) is 13.0 Å². The van der Waals surface area contributed by atoms with Crippen molar-refractivity contribution in [1.29, 1.82) is 0 Å². The van der Waals surface area contributed by atoms with Crippen LogP contribution in [0.2, 0.25) is 0 Å². The Morgan fingerprint density at radius 3 is 2.64 bits per heavy atom. The Morgan fingerprint density at radius 1 is 1.32 bits per heavy atom. The molecular formula is C14H18N6O2. The summed E-state index contributed by atoms with van der Waals surface area (Å²) in [6, 6.07) is 4.94. The van der Waals surface area contributed by atoms with Crippen molar-refractivity contribution in [2.45, 2.75) is 26.8 Å². The predicted octanol–water partition coefficient (Wildman–Crippen LogP) is 2.03. The number of aryl methyl sites for hydroxylation is 2. The number of benzene rings is 1. The van der Waals surface area contributed by atoms with Crippen LogP contribution in [0, 0.1) is 17.0 Å². The first-order chi connectivity index (χ1) is 10.4. The third-order valence-corrected chi connectivity index (χ3v) is 3.29. The number of nitro benzene ring substituents is 1. The van der Waals surface area contributed by atoms with E-state index in [1.807, 2.05) is 6.92 Å². The van der Waals surface area contributed by atoms with E-state index >= 15 is 0 Å². The molecule has 1 aromatic heterocycles. The average molecular weight is 302 g/mol. The molecular weight excluding hydrogens is 284 g/mol. The van der Waals surface area contributed by atoms with E-state index in [0.29, 0.717) is 35.7 Å². The van der Waals surface area contributed by atoms with Gasteiger partial charge in [-0.3, -0.25) is 10.1 Å². The third kappa shape index (κ3) is 3.22. The summed E-state index contributed by atoms with van der Waals surface area (Å²) in [4.78, 5) is 18.6. The molecule has 2 rings (SSSR count). The first-order valence-electron chi connectivity index (χ1n) is 6.82. The number of rotatable bonds is 5. The predicted molar refractivity (Wildman–Crippen MR) is 85.4 cm³/mol. The number of hydrogen-bond donors (Lipinski definition) is 3. The Labute approximate surface area is 127 Å². The van der Waals surface area contributed by atoms with Crippen molar-refractivity contribution in [3.8, 4) is 0 Å². The lowest BCUT2D eigenvalue weighted by Gasteiger charge is -2.12. The van der Waals surface area contributed by atoms with Gasteiger partial charge in [0, 0.05) is 18.2 Å². The molecule has 0 atom stereocenters. The Bertz CT molecular complexity index is 717. The molecule has 0 spiro atoms. The molecule has 0 aliphatic rings. The summed E-state index contributed by atoms with van der Waals surface area (Å²) in [5.41, 5.74) is 14.4. The Kier molecular flexibility index (Phi) is 4.40. The zero-order valence-electron chi connectivity index (χ0n) is 12.5. The smallest absolute Gasteiger partial charge is 0.272 e. The van der Waals surface area contributed by atoms with Crippen LogP contribution in [0.4, 0.5) is 23.1 Å². The maximum atomic E-state index is 10.8. The van der Waals surface area contributed by atoms with Crippen molar-refractivity contribution in [2.24, 2.45) is 0 Å². The van der Waals surface area contributed by atoms with Gasteiger partial charge in [0.25, 0.3) is 5.69 Å². The fourth-order valence-electron chi connectivity index (χ4n) is 2.16. The van der Waals surface area contributed by atoms with E-state index in [1.165, 1.54) is 6.07 Å². The summed E-state index contributed by atoms with van der Waals surface area (Å²) in [6.07, 6.45) is 0.657. The highest BCUT2D eigenvalue weighted by Crippen LogP contribution is 2.23. The molecule has 0 saturated carbocycles. The number of nitrogens with one attached hydrogen (secondary N) is 1. The number of nitro groups is 1. The fraction of sp³-hybridized carbons (Fsp3) is 0.286. The van der Waals surface area contributed by atoms with Crippen molar-refractivity contribution in [2.75, 3.05) is 16.8 Å². The standard InChI is InChI=1S/C14H18N6O2/c1-3-10-12(15)13(19-14(16)18-10)17-7-9-4-5-11(20(21)22)8(2)6-9/h4-6H,3,7,15H2,1-2H3,(H3,16,17,18,19). The normalized spacial score (nSPS) is 10.5. The van der Waals surface area contributed by atoms with Gasteiger partial charge in [0.1, 0.15) is 0 Å². The van der Waals surface area contributed by atoms with E-state index in [-0.39, 0.29) is 11.6 Å². The van der Waals surface area contributed by atoms with Crippen molar-refractivity contribution >= 4 is 23.1 Å². The lowest BCUT2D eigenvalue weighted by molar-refractivity contribution is -0.385. The summed E-state index contributed by atoms with van der Waals surface area (Å²) in [5, 5.41) is 13.9. The molecule has 0 aliphatic heterocycles. The molecule has 1 aromatic carbocycles. The monoisotopic (exact) mass is 302 g/mol. The summed E-state index contributed by atoms with van der Waals surface area (Å²) < 4.78 is 0. The zero-order valence-corrected chi connectivity index (χ0v) is 12.5. The van der Waals surface area contributed by atoms with Crippen LogP contribution < -0.4 is 16.8 Å². The summed E-state index contributed by atoms with van der Waals surface area (Å²) in [6.45, 7) is 4.07. The molecule has 0 amide bonds. The summed E-state index contributed by atoms with van der Waals surface area (Å²) in [5.74, 6) is 0.633. The Hall–Kier alpha value is -2.90. The maximum absolute atomic E-state index is 10.8. The highest BCUT2D eigenvalue weighted by molar-refractivity contribution is 5.65. The second kappa shape index (κ2) is 6.25. The first kappa shape index (κ1) is 15.5. The van der Waals surface area contributed by atoms with Gasteiger partial charge >= 0.3 is 0 Å². The van der Waals surface area contributed by atoms with Crippen molar-refractivity contribution < 1.29 is 4.92 Å². The summed E-state index contributed by atoms with van der Waals surface area (Å²) in [7, 11) is 0. The minimum Gasteiger partial charge on any atom is -0.394 e. The van der Waals surface area contributed by atoms with Crippen molar-refractivity contribution in [3.05, 3.63) is 45.1 Å². The molecule has 0 unspecified atom stereocenters. The number of anilines is 3. The molecule has 22 heavy (non-hydrogen) atoms. The largest absolute Gasteiger partial charge is 0.394 e. The molecule has 0 fully saturated rings. The molecule has 0 radical (unpaired) electrons. The molecule has 0 bridgehead atoms.